The molecule has 1 heterocycles. The molecule has 0 bridgehead atoms. The molecule has 0 atom stereocenters. The Balaban J connectivity index is 1.89. The molecule has 0 spiro atoms. The van der Waals surface area contributed by atoms with E-state index in [2.05, 4.69) is 5.92 Å². The molecule has 0 aliphatic carbocycles. The Hall–Kier alpha value is -4.50. The van der Waals surface area contributed by atoms with Crippen LogP contribution in [0.3, 0.4) is 0 Å². The zero-order chi connectivity index (χ0) is 23.4. The highest BCUT2D eigenvalue weighted by Gasteiger charge is 2.14. The van der Waals surface area contributed by atoms with Crippen LogP contribution < -0.4 is 19.8 Å². The fourth-order valence-corrected chi connectivity index (χ4v) is 3.59. The Morgan fingerprint density at radius 3 is 2.18 bits per heavy atom. The predicted molar refractivity (Wildman–Crippen MR) is 130 cm³/mol. The van der Waals surface area contributed by atoms with E-state index in [-0.39, 0.29) is 5.56 Å². The summed E-state index contributed by atoms with van der Waals surface area (Å²) in [6, 6.07) is 18.1. The SMILES string of the molecule is C#Cc1ccc(-n2c(/C=C/c3cc(OC)c(OC)c(OC)c3)nc3ccccc3c2=O)cc1. The number of ether oxygens (including phenoxy) is 3. The van der Waals surface area contributed by atoms with Crippen molar-refractivity contribution in [3.05, 3.63) is 88.0 Å². The molecule has 0 saturated carbocycles. The van der Waals surface area contributed by atoms with E-state index in [1.165, 1.54) is 0 Å². The van der Waals surface area contributed by atoms with Crippen molar-refractivity contribution in [2.75, 3.05) is 21.3 Å². The van der Waals surface area contributed by atoms with E-state index >= 15 is 0 Å². The first-order chi connectivity index (χ1) is 16.1. The molecule has 6 nitrogen and oxygen atoms in total. The Morgan fingerprint density at radius 2 is 1.58 bits per heavy atom. The van der Waals surface area contributed by atoms with E-state index in [9.17, 15) is 4.79 Å². The minimum Gasteiger partial charge on any atom is -0.493 e. The largest absolute Gasteiger partial charge is 0.493 e. The average molecular weight is 438 g/mol. The van der Waals surface area contributed by atoms with Crippen molar-refractivity contribution in [3.8, 4) is 35.3 Å². The smallest absolute Gasteiger partial charge is 0.266 e. The van der Waals surface area contributed by atoms with Gasteiger partial charge in [-0.05, 0) is 60.2 Å². The zero-order valence-corrected chi connectivity index (χ0v) is 18.5. The van der Waals surface area contributed by atoms with Crippen LogP contribution in [-0.2, 0) is 0 Å². The van der Waals surface area contributed by atoms with E-state index in [1.807, 2.05) is 48.5 Å². The van der Waals surface area contributed by atoms with Gasteiger partial charge in [0.25, 0.3) is 5.56 Å². The fraction of sp³-hybridized carbons (Fsp3) is 0.111. The highest BCUT2D eigenvalue weighted by atomic mass is 16.5. The number of hydrogen-bond donors (Lipinski definition) is 0. The highest BCUT2D eigenvalue weighted by molar-refractivity contribution is 5.80. The Labute approximate surface area is 191 Å². The number of fused-ring (bicyclic) bond motifs is 1. The summed E-state index contributed by atoms with van der Waals surface area (Å²) in [5, 5.41) is 0.531. The van der Waals surface area contributed by atoms with Crippen LogP contribution >= 0.6 is 0 Å². The lowest BCUT2D eigenvalue weighted by molar-refractivity contribution is 0.324. The molecule has 3 aromatic carbocycles. The molecule has 0 aliphatic heterocycles. The Bertz CT molecular complexity index is 1420. The van der Waals surface area contributed by atoms with Crippen LogP contribution in [0.4, 0.5) is 0 Å². The molecule has 33 heavy (non-hydrogen) atoms. The van der Waals surface area contributed by atoms with Crippen molar-refractivity contribution in [2.24, 2.45) is 0 Å². The third-order valence-electron chi connectivity index (χ3n) is 5.21. The van der Waals surface area contributed by atoms with Crippen molar-refractivity contribution in [1.29, 1.82) is 0 Å². The van der Waals surface area contributed by atoms with Crippen molar-refractivity contribution < 1.29 is 14.2 Å². The minimum atomic E-state index is -0.168. The second-order valence-electron chi connectivity index (χ2n) is 7.11. The lowest BCUT2D eigenvalue weighted by atomic mass is 10.1. The van der Waals surface area contributed by atoms with Crippen molar-refractivity contribution in [1.82, 2.24) is 9.55 Å². The maximum Gasteiger partial charge on any atom is 0.266 e. The average Bonchev–Trinajstić information content (AvgIpc) is 2.87. The summed E-state index contributed by atoms with van der Waals surface area (Å²) >= 11 is 0. The summed E-state index contributed by atoms with van der Waals surface area (Å²) in [5.74, 6) is 4.64. The lowest BCUT2D eigenvalue weighted by Crippen LogP contribution is -2.22. The number of terminal acetylenes is 1. The maximum absolute atomic E-state index is 13.4. The molecule has 164 valence electrons. The number of rotatable bonds is 6. The second kappa shape index (κ2) is 9.33. The van der Waals surface area contributed by atoms with E-state index < -0.39 is 0 Å². The first-order valence-electron chi connectivity index (χ1n) is 10.2. The summed E-state index contributed by atoms with van der Waals surface area (Å²) in [6.07, 6.45) is 9.10. The van der Waals surface area contributed by atoms with Gasteiger partial charge < -0.3 is 14.2 Å². The van der Waals surface area contributed by atoms with Gasteiger partial charge in [0.2, 0.25) is 5.75 Å². The molecule has 6 heteroatoms. The van der Waals surface area contributed by atoms with Crippen LogP contribution in [0.1, 0.15) is 17.0 Å². The summed E-state index contributed by atoms with van der Waals surface area (Å²) < 4.78 is 17.8. The van der Waals surface area contributed by atoms with Gasteiger partial charge in [-0.2, -0.15) is 0 Å². The molecule has 0 N–H and O–H groups in total. The van der Waals surface area contributed by atoms with Gasteiger partial charge >= 0.3 is 0 Å². The standard InChI is InChI=1S/C27H22N2O4/c1-5-18-10-13-20(14-11-18)29-25(28-22-9-7-6-8-21(22)27(29)30)15-12-19-16-23(31-2)26(33-4)24(17-19)32-3/h1,6-17H,2-4H3/b15-12+. The summed E-state index contributed by atoms with van der Waals surface area (Å²) in [5.41, 5.74) is 2.64. The minimum absolute atomic E-state index is 0.168. The molecular formula is C27H22N2O4. The van der Waals surface area contributed by atoms with Gasteiger partial charge in [-0.1, -0.05) is 24.1 Å². The van der Waals surface area contributed by atoms with Gasteiger partial charge in [0, 0.05) is 5.56 Å². The molecule has 4 rings (SSSR count). The van der Waals surface area contributed by atoms with E-state index in [0.29, 0.717) is 39.7 Å². The Kier molecular flexibility index (Phi) is 6.14. The molecule has 0 radical (unpaired) electrons. The first kappa shape index (κ1) is 21.7. The van der Waals surface area contributed by atoms with Crippen LogP contribution in [-0.4, -0.2) is 30.9 Å². The third-order valence-corrected chi connectivity index (χ3v) is 5.21. The molecule has 0 fully saturated rings. The Morgan fingerprint density at radius 1 is 0.909 bits per heavy atom. The fourth-order valence-electron chi connectivity index (χ4n) is 3.59. The summed E-state index contributed by atoms with van der Waals surface area (Å²) in [6.45, 7) is 0. The summed E-state index contributed by atoms with van der Waals surface area (Å²) in [4.78, 5) is 18.1. The summed E-state index contributed by atoms with van der Waals surface area (Å²) in [7, 11) is 4.68. The van der Waals surface area contributed by atoms with Crippen molar-refractivity contribution in [2.45, 2.75) is 0 Å². The monoisotopic (exact) mass is 438 g/mol. The lowest BCUT2D eigenvalue weighted by Gasteiger charge is -2.13. The maximum atomic E-state index is 13.4. The number of nitrogens with zero attached hydrogens (tertiary/aromatic N) is 2. The number of benzene rings is 3. The molecule has 0 amide bonds. The van der Waals surface area contributed by atoms with Gasteiger partial charge in [0.05, 0.1) is 37.9 Å². The van der Waals surface area contributed by atoms with E-state index in [4.69, 9.17) is 25.6 Å². The van der Waals surface area contributed by atoms with Crippen LogP contribution in [0.15, 0.2) is 65.5 Å². The molecular weight excluding hydrogens is 416 g/mol. The number of hydrogen-bond acceptors (Lipinski definition) is 5. The number of methoxy groups -OCH3 is 3. The van der Waals surface area contributed by atoms with E-state index in [1.54, 1.807) is 50.2 Å². The normalized spacial score (nSPS) is 10.8. The van der Waals surface area contributed by atoms with Crippen LogP contribution in [0.25, 0.3) is 28.7 Å². The van der Waals surface area contributed by atoms with Crippen LogP contribution in [0, 0.1) is 12.3 Å². The van der Waals surface area contributed by atoms with Crippen molar-refractivity contribution >= 4 is 23.1 Å². The predicted octanol–water partition coefficient (Wildman–Crippen LogP) is 4.56. The highest BCUT2D eigenvalue weighted by Crippen LogP contribution is 2.38. The molecule has 0 unspecified atom stereocenters. The van der Waals surface area contributed by atoms with E-state index in [0.717, 1.165) is 11.1 Å². The number of para-hydroxylation sites is 1. The first-order valence-corrected chi connectivity index (χ1v) is 10.2. The van der Waals surface area contributed by atoms with Gasteiger partial charge in [-0.3, -0.25) is 9.36 Å². The van der Waals surface area contributed by atoms with Crippen molar-refractivity contribution in [3.63, 3.8) is 0 Å². The van der Waals surface area contributed by atoms with Gasteiger partial charge in [-0.15, -0.1) is 6.42 Å². The molecule has 0 aliphatic rings. The van der Waals surface area contributed by atoms with Gasteiger partial charge in [0.15, 0.2) is 11.5 Å². The third kappa shape index (κ3) is 4.17. The zero-order valence-electron chi connectivity index (χ0n) is 18.5. The molecule has 0 saturated heterocycles. The number of aromatic nitrogens is 2. The quantitative estimate of drug-likeness (QED) is 0.413. The van der Waals surface area contributed by atoms with Crippen LogP contribution in [0.5, 0.6) is 17.2 Å². The molecule has 1 aromatic heterocycles. The molecule has 4 aromatic rings. The second-order valence-corrected chi connectivity index (χ2v) is 7.11. The topological polar surface area (TPSA) is 62.6 Å². The van der Waals surface area contributed by atoms with Gasteiger partial charge in [0.1, 0.15) is 5.82 Å². The van der Waals surface area contributed by atoms with Gasteiger partial charge in [-0.25, -0.2) is 4.98 Å². The van der Waals surface area contributed by atoms with Crippen LogP contribution in [0.2, 0.25) is 0 Å².